The maximum atomic E-state index is 11.2. The Hall–Kier alpha value is -1.68. The number of aliphatic hydroxyl groups is 1. The lowest BCUT2D eigenvalue weighted by atomic mass is 10.2. The molecule has 0 heterocycles. The molecule has 1 aromatic rings. The molecule has 1 N–H and O–H groups in total. The van der Waals surface area contributed by atoms with Crippen molar-refractivity contribution in [3.8, 4) is 0 Å². The Morgan fingerprint density at radius 3 is 2.50 bits per heavy atom. The molecular formula is C12H14O4. The maximum absolute atomic E-state index is 11.2. The Morgan fingerprint density at radius 1 is 1.31 bits per heavy atom. The van der Waals surface area contributed by atoms with Gasteiger partial charge in [-0.3, -0.25) is 9.59 Å². The van der Waals surface area contributed by atoms with E-state index in [1.54, 1.807) is 0 Å². The minimum absolute atomic E-state index is 0.157. The number of carbonyl (C=O) groups excluding carboxylic acids is 2. The molecule has 0 unspecified atom stereocenters. The molecule has 0 aliphatic carbocycles. The quantitative estimate of drug-likeness (QED) is 0.757. The fourth-order valence-corrected chi connectivity index (χ4v) is 1.10. The van der Waals surface area contributed by atoms with Gasteiger partial charge in [0.05, 0.1) is 6.42 Å². The van der Waals surface area contributed by atoms with Crippen LogP contribution in [0, 0.1) is 0 Å². The van der Waals surface area contributed by atoms with E-state index in [-0.39, 0.29) is 13.0 Å². The van der Waals surface area contributed by atoms with Crippen LogP contribution in [0.15, 0.2) is 30.3 Å². The Kier molecular flexibility index (Phi) is 4.66. The first-order chi connectivity index (χ1) is 7.59. The van der Waals surface area contributed by atoms with Gasteiger partial charge in [-0.2, -0.15) is 0 Å². The first-order valence-electron chi connectivity index (χ1n) is 4.97. The number of rotatable bonds is 5. The molecule has 1 aromatic carbocycles. The van der Waals surface area contributed by atoms with E-state index in [2.05, 4.69) is 0 Å². The summed E-state index contributed by atoms with van der Waals surface area (Å²) in [5, 5.41) is 9.14. The Morgan fingerprint density at radius 2 is 1.94 bits per heavy atom. The van der Waals surface area contributed by atoms with E-state index in [4.69, 9.17) is 9.84 Å². The third-order valence-electron chi connectivity index (χ3n) is 2.07. The fourth-order valence-electron chi connectivity index (χ4n) is 1.10. The zero-order valence-corrected chi connectivity index (χ0v) is 9.05. The van der Waals surface area contributed by atoms with E-state index in [0.717, 1.165) is 5.56 Å². The number of ketones is 1. The van der Waals surface area contributed by atoms with Gasteiger partial charge in [-0.05, 0) is 12.5 Å². The zero-order chi connectivity index (χ0) is 12.0. The van der Waals surface area contributed by atoms with Crippen LogP contribution in [-0.2, 0) is 20.9 Å². The minimum atomic E-state index is -1.26. The van der Waals surface area contributed by atoms with E-state index >= 15 is 0 Å². The van der Waals surface area contributed by atoms with Crippen LogP contribution in [0.5, 0.6) is 0 Å². The fraction of sp³-hybridized carbons (Fsp3) is 0.333. The second-order valence-electron chi connectivity index (χ2n) is 3.48. The first kappa shape index (κ1) is 12.4. The van der Waals surface area contributed by atoms with Crippen LogP contribution in [-0.4, -0.2) is 23.0 Å². The van der Waals surface area contributed by atoms with Crippen molar-refractivity contribution in [1.82, 2.24) is 0 Å². The zero-order valence-electron chi connectivity index (χ0n) is 9.05. The van der Waals surface area contributed by atoms with Gasteiger partial charge in [0.25, 0.3) is 0 Å². The molecule has 0 aliphatic heterocycles. The van der Waals surface area contributed by atoms with Crippen LogP contribution in [0.2, 0.25) is 0 Å². The number of Topliss-reactive ketones (excluding diaryl/α,β-unsaturated/α-hetero) is 1. The summed E-state index contributed by atoms with van der Waals surface area (Å²) < 4.78 is 4.90. The summed E-state index contributed by atoms with van der Waals surface area (Å²) in [6.07, 6.45) is -1.55. The second-order valence-corrected chi connectivity index (χ2v) is 3.48. The van der Waals surface area contributed by atoms with Gasteiger partial charge < -0.3 is 9.84 Å². The molecule has 0 bridgehead atoms. The molecule has 4 heteroatoms. The molecule has 86 valence electrons. The summed E-state index contributed by atoms with van der Waals surface area (Å²) in [4.78, 5) is 21.9. The minimum Gasteiger partial charge on any atom is -0.461 e. The Labute approximate surface area is 93.9 Å². The summed E-state index contributed by atoms with van der Waals surface area (Å²) >= 11 is 0. The van der Waals surface area contributed by atoms with Crippen molar-refractivity contribution in [3.05, 3.63) is 35.9 Å². The van der Waals surface area contributed by atoms with E-state index in [0.29, 0.717) is 0 Å². The highest BCUT2D eigenvalue weighted by atomic mass is 16.5. The highest BCUT2D eigenvalue weighted by molar-refractivity contribution is 5.85. The van der Waals surface area contributed by atoms with Crippen LogP contribution in [0.4, 0.5) is 0 Å². The molecule has 0 aromatic heterocycles. The SMILES string of the molecule is CC(=O)[C@@H](O)CC(=O)OCc1ccccc1. The molecule has 1 rings (SSSR count). The normalized spacial score (nSPS) is 11.9. The molecule has 0 aliphatic rings. The lowest BCUT2D eigenvalue weighted by molar-refractivity contribution is -0.149. The average molecular weight is 222 g/mol. The molecular weight excluding hydrogens is 208 g/mol. The van der Waals surface area contributed by atoms with Crippen molar-refractivity contribution in [2.24, 2.45) is 0 Å². The second kappa shape index (κ2) is 6.02. The smallest absolute Gasteiger partial charge is 0.309 e. The Bertz CT molecular complexity index is 359. The van der Waals surface area contributed by atoms with E-state index < -0.39 is 17.9 Å². The van der Waals surface area contributed by atoms with Gasteiger partial charge in [-0.25, -0.2) is 0 Å². The summed E-state index contributed by atoms with van der Waals surface area (Å²) in [5.41, 5.74) is 0.869. The third kappa shape index (κ3) is 4.23. The van der Waals surface area contributed by atoms with Crippen molar-refractivity contribution in [1.29, 1.82) is 0 Å². The predicted molar refractivity (Wildman–Crippen MR) is 57.5 cm³/mol. The number of hydrogen-bond acceptors (Lipinski definition) is 4. The molecule has 0 amide bonds. The molecule has 1 atom stereocenters. The number of esters is 1. The Balaban J connectivity index is 2.33. The summed E-state index contributed by atoms with van der Waals surface area (Å²) in [5.74, 6) is -1.01. The van der Waals surface area contributed by atoms with E-state index in [9.17, 15) is 9.59 Å². The first-order valence-corrected chi connectivity index (χ1v) is 4.97. The number of benzene rings is 1. The average Bonchev–Trinajstić information content (AvgIpc) is 2.27. The van der Waals surface area contributed by atoms with Crippen LogP contribution in [0.25, 0.3) is 0 Å². The van der Waals surface area contributed by atoms with Gasteiger partial charge in [-0.15, -0.1) is 0 Å². The topological polar surface area (TPSA) is 63.6 Å². The molecule has 4 nitrogen and oxygen atoms in total. The molecule has 0 spiro atoms. The van der Waals surface area contributed by atoms with Gasteiger partial charge in [0.2, 0.25) is 0 Å². The van der Waals surface area contributed by atoms with Gasteiger partial charge in [-0.1, -0.05) is 30.3 Å². The van der Waals surface area contributed by atoms with Gasteiger partial charge in [0, 0.05) is 0 Å². The van der Waals surface area contributed by atoms with Crippen LogP contribution >= 0.6 is 0 Å². The van der Waals surface area contributed by atoms with E-state index in [1.807, 2.05) is 30.3 Å². The van der Waals surface area contributed by atoms with Crippen molar-refractivity contribution in [2.45, 2.75) is 26.1 Å². The van der Waals surface area contributed by atoms with Crippen LogP contribution in [0.1, 0.15) is 18.9 Å². The molecule has 0 radical (unpaired) electrons. The number of aliphatic hydroxyl groups excluding tert-OH is 1. The predicted octanol–water partition coefficient (Wildman–Crippen LogP) is 1.07. The molecule has 0 saturated heterocycles. The van der Waals surface area contributed by atoms with Crippen molar-refractivity contribution in [3.63, 3.8) is 0 Å². The van der Waals surface area contributed by atoms with E-state index in [1.165, 1.54) is 6.92 Å². The number of ether oxygens (including phenoxy) is 1. The van der Waals surface area contributed by atoms with Crippen LogP contribution < -0.4 is 0 Å². The van der Waals surface area contributed by atoms with Crippen molar-refractivity contribution < 1.29 is 19.4 Å². The highest BCUT2D eigenvalue weighted by Gasteiger charge is 2.15. The van der Waals surface area contributed by atoms with Crippen LogP contribution in [0.3, 0.4) is 0 Å². The summed E-state index contributed by atoms with van der Waals surface area (Å²) in [6.45, 7) is 1.39. The lowest BCUT2D eigenvalue weighted by Crippen LogP contribution is -2.22. The number of carbonyl (C=O) groups is 2. The molecule has 16 heavy (non-hydrogen) atoms. The largest absolute Gasteiger partial charge is 0.461 e. The van der Waals surface area contributed by atoms with Gasteiger partial charge in [0.15, 0.2) is 5.78 Å². The van der Waals surface area contributed by atoms with Gasteiger partial charge in [0.1, 0.15) is 12.7 Å². The van der Waals surface area contributed by atoms with Crippen molar-refractivity contribution >= 4 is 11.8 Å². The summed E-state index contributed by atoms with van der Waals surface area (Å²) in [6, 6.07) is 9.20. The summed E-state index contributed by atoms with van der Waals surface area (Å²) in [7, 11) is 0. The highest BCUT2D eigenvalue weighted by Crippen LogP contribution is 2.03. The van der Waals surface area contributed by atoms with Crippen molar-refractivity contribution in [2.75, 3.05) is 0 Å². The standard InChI is InChI=1S/C12H14O4/c1-9(13)11(14)7-12(15)16-8-10-5-3-2-4-6-10/h2-6,11,14H,7-8H2,1H3/t11-/m0/s1. The lowest BCUT2D eigenvalue weighted by Gasteiger charge is -2.07. The maximum Gasteiger partial charge on any atom is 0.309 e. The number of hydrogen-bond donors (Lipinski definition) is 1. The van der Waals surface area contributed by atoms with Gasteiger partial charge >= 0.3 is 5.97 Å². The molecule has 0 saturated carbocycles. The third-order valence-corrected chi connectivity index (χ3v) is 2.07. The monoisotopic (exact) mass is 222 g/mol. The molecule has 0 fully saturated rings.